The molecule has 0 saturated heterocycles. The number of ether oxygens (including phenoxy) is 1. The molecule has 0 aromatic heterocycles. The van der Waals surface area contributed by atoms with Crippen LogP contribution in [0.3, 0.4) is 0 Å². The van der Waals surface area contributed by atoms with Crippen molar-refractivity contribution in [3.63, 3.8) is 0 Å². The third-order valence-corrected chi connectivity index (χ3v) is 4.30. The number of methoxy groups -OCH3 is 1. The second kappa shape index (κ2) is 6.57. The Morgan fingerprint density at radius 2 is 1.78 bits per heavy atom. The normalized spacial score (nSPS) is 12.0. The molecule has 122 valence electrons. The van der Waals surface area contributed by atoms with Crippen molar-refractivity contribution in [3.8, 4) is 17.2 Å². The molecule has 2 rings (SSSR count). The maximum Gasteiger partial charge on any atom is 0.276 e. The number of hydrogen-bond acceptors (Lipinski definition) is 6. The average molecular weight is 336 g/mol. The fraction of sp³-hybridized carbons (Fsp3) is 0.133. The van der Waals surface area contributed by atoms with E-state index in [1.54, 1.807) is 0 Å². The topological polar surface area (TPSA) is 108 Å². The fourth-order valence-corrected chi connectivity index (χ4v) is 2.67. The van der Waals surface area contributed by atoms with Gasteiger partial charge in [0.15, 0.2) is 0 Å². The number of hydrazone groups is 1. The zero-order chi connectivity index (χ0) is 17.0. The summed E-state index contributed by atoms with van der Waals surface area (Å²) in [7, 11) is -2.37. The summed E-state index contributed by atoms with van der Waals surface area (Å²) >= 11 is 0. The Labute approximate surface area is 133 Å². The van der Waals surface area contributed by atoms with Crippen LogP contribution in [-0.2, 0) is 10.0 Å². The largest absolute Gasteiger partial charge is 0.508 e. The SMILES string of the molecule is COc1ccc(S(=O)(=O)N/N=C(\C)c2cc(O)ccc2O)cc1. The first-order valence-corrected chi connectivity index (χ1v) is 8.04. The third-order valence-electron chi connectivity index (χ3n) is 3.07. The molecule has 2 aromatic rings. The van der Waals surface area contributed by atoms with Crippen LogP contribution in [0.1, 0.15) is 12.5 Å². The summed E-state index contributed by atoms with van der Waals surface area (Å²) in [6.07, 6.45) is 0. The molecule has 0 heterocycles. The molecule has 0 amide bonds. The minimum Gasteiger partial charge on any atom is -0.508 e. The van der Waals surface area contributed by atoms with Gasteiger partial charge in [-0.2, -0.15) is 18.4 Å². The zero-order valence-corrected chi connectivity index (χ0v) is 13.3. The Morgan fingerprint density at radius 3 is 2.39 bits per heavy atom. The van der Waals surface area contributed by atoms with Gasteiger partial charge in [-0.25, -0.2) is 0 Å². The van der Waals surface area contributed by atoms with Gasteiger partial charge in [0.05, 0.1) is 17.7 Å². The van der Waals surface area contributed by atoms with Crippen LogP contribution in [-0.4, -0.2) is 31.5 Å². The Kier molecular flexibility index (Phi) is 4.75. The van der Waals surface area contributed by atoms with Gasteiger partial charge in [-0.3, -0.25) is 0 Å². The van der Waals surface area contributed by atoms with E-state index in [1.165, 1.54) is 56.5 Å². The Hall–Kier alpha value is -2.74. The molecule has 2 aromatic carbocycles. The lowest BCUT2D eigenvalue weighted by molar-refractivity contribution is 0.414. The van der Waals surface area contributed by atoms with Crippen molar-refractivity contribution in [2.45, 2.75) is 11.8 Å². The van der Waals surface area contributed by atoms with E-state index in [9.17, 15) is 18.6 Å². The predicted molar refractivity (Wildman–Crippen MR) is 85.3 cm³/mol. The Bertz CT molecular complexity index is 829. The molecule has 0 aliphatic carbocycles. The van der Waals surface area contributed by atoms with E-state index in [0.717, 1.165) is 0 Å². The highest BCUT2D eigenvalue weighted by Crippen LogP contribution is 2.22. The van der Waals surface area contributed by atoms with E-state index in [-0.39, 0.29) is 27.7 Å². The molecule has 0 spiro atoms. The number of sulfonamides is 1. The molecule has 0 bridgehead atoms. The van der Waals surface area contributed by atoms with E-state index in [4.69, 9.17) is 4.74 Å². The lowest BCUT2D eigenvalue weighted by Crippen LogP contribution is -2.20. The molecule has 8 heteroatoms. The van der Waals surface area contributed by atoms with Crippen LogP contribution in [0.4, 0.5) is 0 Å². The first kappa shape index (κ1) is 16.6. The predicted octanol–water partition coefficient (Wildman–Crippen LogP) is 1.81. The fourth-order valence-electron chi connectivity index (χ4n) is 1.81. The van der Waals surface area contributed by atoms with Crippen LogP contribution >= 0.6 is 0 Å². The van der Waals surface area contributed by atoms with Gasteiger partial charge in [0.1, 0.15) is 17.2 Å². The van der Waals surface area contributed by atoms with Crippen molar-refractivity contribution in [3.05, 3.63) is 48.0 Å². The average Bonchev–Trinajstić information content (AvgIpc) is 2.55. The van der Waals surface area contributed by atoms with Gasteiger partial charge >= 0.3 is 0 Å². The highest BCUT2D eigenvalue weighted by molar-refractivity contribution is 7.89. The van der Waals surface area contributed by atoms with E-state index in [2.05, 4.69) is 9.93 Å². The van der Waals surface area contributed by atoms with E-state index in [0.29, 0.717) is 5.75 Å². The number of phenols is 2. The van der Waals surface area contributed by atoms with Gasteiger partial charge < -0.3 is 14.9 Å². The Morgan fingerprint density at radius 1 is 1.13 bits per heavy atom. The van der Waals surface area contributed by atoms with Crippen LogP contribution in [0.2, 0.25) is 0 Å². The highest BCUT2D eigenvalue weighted by atomic mass is 32.2. The van der Waals surface area contributed by atoms with Crippen molar-refractivity contribution in [2.75, 3.05) is 7.11 Å². The van der Waals surface area contributed by atoms with Crippen LogP contribution in [0.25, 0.3) is 0 Å². The van der Waals surface area contributed by atoms with E-state index >= 15 is 0 Å². The van der Waals surface area contributed by atoms with Crippen LogP contribution in [0.5, 0.6) is 17.2 Å². The number of aromatic hydroxyl groups is 2. The molecule has 0 unspecified atom stereocenters. The van der Waals surface area contributed by atoms with Gasteiger partial charge in [-0.15, -0.1) is 0 Å². The minimum absolute atomic E-state index is 0.0231. The molecule has 7 nitrogen and oxygen atoms in total. The van der Waals surface area contributed by atoms with Crippen molar-refractivity contribution < 1.29 is 23.4 Å². The summed E-state index contributed by atoms with van der Waals surface area (Å²) in [4.78, 5) is 2.11. The van der Waals surface area contributed by atoms with Crippen LogP contribution in [0, 0.1) is 0 Å². The molecular weight excluding hydrogens is 320 g/mol. The zero-order valence-electron chi connectivity index (χ0n) is 12.5. The highest BCUT2D eigenvalue weighted by Gasteiger charge is 2.14. The molecule has 0 atom stereocenters. The molecule has 0 saturated carbocycles. The maximum atomic E-state index is 12.1. The molecular formula is C15H16N2O5S. The lowest BCUT2D eigenvalue weighted by atomic mass is 10.1. The monoisotopic (exact) mass is 336 g/mol. The van der Waals surface area contributed by atoms with Gasteiger partial charge in [0.2, 0.25) is 0 Å². The molecule has 0 fully saturated rings. The second-order valence-corrected chi connectivity index (χ2v) is 6.33. The number of rotatable bonds is 5. The number of nitrogens with zero attached hydrogens (tertiary/aromatic N) is 1. The van der Waals surface area contributed by atoms with Gasteiger partial charge in [-0.1, -0.05) is 0 Å². The van der Waals surface area contributed by atoms with Crippen molar-refractivity contribution in [1.29, 1.82) is 0 Å². The molecule has 0 radical (unpaired) electrons. The van der Waals surface area contributed by atoms with E-state index in [1.807, 2.05) is 0 Å². The quantitative estimate of drug-likeness (QED) is 0.438. The molecule has 23 heavy (non-hydrogen) atoms. The van der Waals surface area contributed by atoms with Gasteiger partial charge in [0, 0.05) is 5.56 Å². The molecule has 3 N–H and O–H groups in total. The van der Waals surface area contributed by atoms with Crippen LogP contribution in [0.15, 0.2) is 52.5 Å². The second-order valence-electron chi connectivity index (χ2n) is 4.67. The summed E-state index contributed by atoms with van der Waals surface area (Å²) in [5.74, 6) is 0.353. The summed E-state index contributed by atoms with van der Waals surface area (Å²) in [6.45, 7) is 1.50. The summed E-state index contributed by atoms with van der Waals surface area (Å²) in [5, 5.41) is 22.9. The molecule has 0 aliphatic rings. The number of nitrogens with one attached hydrogen (secondary N) is 1. The number of phenolic OH excluding ortho intramolecular Hbond substituents is 2. The summed E-state index contributed by atoms with van der Waals surface area (Å²) in [6, 6.07) is 9.71. The smallest absolute Gasteiger partial charge is 0.276 e. The number of hydrogen-bond donors (Lipinski definition) is 3. The maximum absolute atomic E-state index is 12.1. The van der Waals surface area contributed by atoms with Crippen molar-refractivity contribution in [2.24, 2.45) is 5.10 Å². The third kappa shape index (κ3) is 3.92. The first-order valence-electron chi connectivity index (χ1n) is 6.56. The van der Waals surface area contributed by atoms with Gasteiger partial charge in [0.25, 0.3) is 10.0 Å². The van der Waals surface area contributed by atoms with Crippen molar-refractivity contribution >= 4 is 15.7 Å². The Balaban J connectivity index is 2.24. The first-order chi connectivity index (χ1) is 10.8. The van der Waals surface area contributed by atoms with Gasteiger partial charge in [-0.05, 0) is 49.4 Å². The summed E-state index contributed by atoms with van der Waals surface area (Å²) < 4.78 is 29.3. The standard InChI is InChI=1S/C15H16N2O5S/c1-10(14-9-11(18)3-8-15(14)19)16-17-23(20,21)13-6-4-12(22-2)5-7-13/h3-9,17-19H,1-2H3/b16-10+. The minimum atomic E-state index is -3.85. The molecule has 0 aliphatic heterocycles. The number of benzene rings is 2. The van der Waals surface area contributed by atoms with Crippen LogP contribution < -0.4 is 9.57 Å². The van der Waals surface area contributed by atoms with E-state index < -0.39 is 10.0 Å². The van der Waals surface area contributed by atoms with Crippen molar-refractivity contribution in [1.82, 2.24) is 4.83 Å². The summed E-state index contributed by atoms with van der Waals surface area (Å²) in [5.41, 5.74) is 0.429. The lowest BCUT2D eigenvalue weighted by Gasteiger charge is -2.07.